The van der Waals surface area contributed by atoms with Crippen LogP contribution in [-0.2, 0) is 9.59 Å². The molecule has 6 N–H and O–H groups in total. The summed E-state index contributed by atoms with van der Waals surface area (Å²) in [5.74, 6) is -0.530. The molecule has 0 saturated heterocycles. The number of ketones is 2. The minimum absolute atomic E-state index is 0. The van der Waals surface area contributed by atoms with Gasteiger partial charge < -0.3 is 26.3 Å². The standard InChI is InChI=1S/C12H18N2O4.H2O/c15-5-1-3-13-9-7-12(18)10(8-11(9)17)14-4-2-6-16;/h7-8,13-16H,1-6H2;1H2. The van der Waals surface area contributed by atoms with Crippen LogP contribution in [0.1, 0.15) is 12.8 Å². The molecule has 0 saturated carbocycles. The highest BCUT2D eigenvalue weighted by atomic mass is 16.3. The molecule has 0 spiro atoms. The predicted octanol–water partition coefficient (Wildman–Crippen LogP) is -1.97. The Hall–Kier alpha value is -1.70. The quantitative estimate of drug-likeness (QED) is 0.299. The van der Waals surface area contributed by atoms with Crippen molar-refractivity contribution in [1.29, 1.82) is 0 Å². The Balaban J connectivity index is 0.00000324. The average molecular weight is 272 g/mol. The van der Waals surface area contributed by atoms with E-state index >= 15 is 0 Å². The van der Waals surface area contributed by atoms with Gasteiger partial charge in [-0.3, -0.25) is 9.59 Å². The van der Waals surface area contributed by atoms with Gasteiger partial charge in [-0.05, 0) is 12.8 Å². The summed E-state index contributed by atoms with van der Waals surface area (Å²) in [7, 11) is 0. The van der Waals surface area contributed by atoms with Gasteiger partial charge in [-0.25, -0.2) is 0 Å². The van der Waals surface area contributed by atoms with E-state index in [0.717, 1.165) is 0 Å². The van der Waals surface area contributed by atoms with Gasteiger partial charge in [-0.15, -0.1) is 0 Å². The van der Waals surface area contributed by atoms with Crippen LogP contribution in [0.25, 0.3) is 0 Å². The van der Waals surface area contributed by atoms with E-state index in [1.165, 1.54) is 12.2 Å². The number of hydrogen-bond donors (Lipinski definition) is 4. The van der Waals surface area contributed by atoms with E-state index in [9.17, 15) is 9.59 Å². The highest BCUT2D eigenvalue weighted by Crippen LogP contribution is 2.07. The Labute approximate surface area is 111 Å². The second-order valence-corrected chi connectivity index (χ2v) is 3.85. The SMILES string of the molecule is O.O=C1C=C(NCCCO)C(=O)C=C1NCCCO. The number of carbonyl (C=O) groups excluding carboxylic acids is 2. The van der Waals surface area contributed by atoms with Gasteiger partial charge >= 0.3 is 0 Å². The molecule has 0 heterocycles. The van der Waals surface area contributed by atoms with Crippen molar-refractivity contribution in [3.05, 3.63) is 23.5 Å². The first-order valence-corrected chi connectivity index (χ1v) is 5.90. The van der Waals surface area contributed by atoms with Crippen LogP contribution < -0.4 is 10.6 Å². The molecule has 1 aliphatic rings. The monoisotopic (exact) mass is 272 g/mol. The van der Waals surface area contributed by atoms with Crippen LogP contribution in [-0.4, -0.2) is 53.6 Å². The Morgan fingerprint density at radius 3 is 1.53 bits per heavy atom. The lowest BCUT2D eigenvalue weighted by Gasteiger charge is -2.14. The number of aliphatic hydroxyl groups is 2. The maximum absolute atomic E-state index is 11.7. The van der Waals surface area contributed by atoms with Gasteiger partial charge in [0.05, 0.1) is 11.4 Å². The van der Waals surface area contributed by atoms with Gasteiger partial charge in [0.1, 0.15) is 0 Å². The lowest BCUT2D eigenvalue weighted by atomic mass is 10.1. The molecule has 0 aromatic heterocycles. The van der Waals surface area contributed by atoms with Gasteiger partial charge in [-0.2, -0.15) is 0 Å². The largest absolute Gasteiger partial charge is 0.412 e. The fourth-order valence-corrected chi connectivity index (χ4v) is 1.44. The van der Waals surface area contributed by atoms with Crippen LogP contribution in [0.5, 0.6) is 0 Å². The zero-order chi connectivity index (χ0) is 13.4. The molecule has 0 aromatic carbocycles. The number of rotatable bonds is 8. The molecule has 19 heavy (non-hydrogen) atoms. The third kappa shape index (κ3) is 5.64. The molecule has 0 aliphatic heterocycles. The van der Waals surface area contributed by atoms with Gasteiger partial charge in [0, 0.05) is 38.5 Å². The van der Waals surface area contributed by atoms with Crippen LogP contribution in [0.2, 0.25) is 0 Å². The van der Waals surface area contributed by atoms with Crippen molar-refractivity contribution in [1.82, 2.24) is 10.6 Å². The first kappa shape index (κ1) is 17.3. The van der Waals surface area contributed by atoms with Crippen LogP contribution in [0, 0.1) is 0 Å². The van der Waals surface area contributed by atoms with E-state index in [1.54, 1.807) is 0 Å². The molecular weight excluding hydrogens is 252 g/mol. The maximum atomic E-state index is 11.7. The summed E-state index contributed by atoms with van der Waals surface area (Å²) in [6.45, 7) is 0.962. The van der Waals surface area contributed by atoms with Crippen molar-refractivity contribution in [2.75, 3.05) is 26.3 Å². The van der Waals surface area contributed by atoms with E-state index in [2.05, 4.69) is 10.6 Å². The Morgan fingerprint density at radius 2 is 1.21 bits per heavy atom. The van der Waals surface area contributed by atoms with E-state index in [-0.39, 0.29) is 41.7 Å². The van der Waals surface area contributed by atoms with Crippen molar-refractivity contribution < 1.29 is 25.3 Å². The van der Waals surface area contributed by atoms with Crippen molar-refractivity contribution in [3.8, 4) is 0 Å². The van der Waals surface area contributed by atoms with Crippen LogP contribution in [0.3, 0.4) is 0 Å². The first-order chi connectivity index (χ1) is 8.69. The smallest absolute Gasteiger partial charge is 0.203 e. The Kier molecular flexibility index (Phi) is 8.43. The van der Waals surface area contributed by atoms with Crippen LogP contribution in [0.15, 0.2) is 23.5 Å². The second-order valence-electron chi connectivity index (χ2n) is 3.85. The summed E-state index contributed by atoms with van der Waals surface area (Å²) in [6, 6.07) is 0. The molecule has 0 aromatic rings. The fraction of sp³-hybridized carbons (Fsp3) is 0.500. The second kappa shape index (κ2) is 9.26. The summed E-state index contributed by atoms with van der Waals surface area (Å²) >= 11 is 0. The minimum atomic E-state index is -0.265. The van der Waals surface area contributed by atoms with E-state index in [1.807, 2.05) is 0 Å². The molecule has 0 fully saturated rings. The van der Waals surface area contributed by atoms with Gasteiger partial charge in [0.15, 0.2) is 0 Å². The van der Waals surface area contributed by atoms with Crippen LogP contribution in [0.4, 0.5) is 0 Å². The predicted molar refractivity (Wildman–Crippen MR) is 69.2 cm³/mol. The maximum Gasteiger partial charge on any atom is 0.203 e. The molecule has 0 bridgehead atoms. The molecule has 7 nitrogen and oxygen atoms in total. The number of hydrogen-bond acceptors (Lipinski definition) is 6. The van der Waals surface area contributed by atoms with Gasteiger partial charge in [0.25, 0.3) is 0 Å². The molecule has 1 rings (SSSR count). The van der Waals surface area contributed by atoms with Crippen LogP contribution >= 0.6 is 0 Å². The molecule has 1 aliphatic carbocycles. The van der Waals surface area contributed by atoms with Gasteiger partial charge in [-0.1, -0.05) is 0 Å². The molecule has 0 radical (unpaired) electrons. The Morgan fingerprint density at radius 1 is 0.842 bits per heavy atom. The molecule has 108 valence electrons. The summed E-state index contributed by atoms with van der Waals surface area (Å²) in [4.78, 5) is 23.3. The van der Waals surface area contributed by atoms with Crippen molar-refractivity contribution in [2.24, 2.45) is 0 Å². The molecule has 0 amide bonds. The third-order valence-electron chi connectivity index (χ3n) is 2.38. The number of nitrogens with one attached hydrogen (secondary N) is 2. The van der Waals surface area contributed by atoms with Crippen molar-refractivity contribution in [3.63, 3.8) is 0 Å². The highest BCUT2D eigenvalue weighted by Gasteiger charge is 2.19. The van der Waals surface area contributed by atoms with Gasteiger partial charge in [0.2, 0.25) is 11.6 Å². The Bertz CT molecular complexity index is 340. The zero-order valence-corrected chi connectivity index (χ0v) is 10.6. The summed E-state index contributed by atoms with van der Waals surface area (Å²) in [5, 5.41) is 22.9. The number of aliphatic hydroxyl groups excluding tert-OH is 2. The topological polar surface area (TPSA) is 130 Å². The molecular formula is C12H20N2O5. The van der Waals surface area contributed by atoms with E-state index in [0.29, 0.717) is 25.9 Å². The van der Waals surface area contributed by atoms with E-state index in [4.69, 9.17) is 10.2 Å². The summed E-state index contributed by atoms with van der Waals surface area (Å²) in [6.07, 6.45) is 3.54. The van der Waals surface area contributed by atoms with E-state index < -0.39 is 0 Å². The number of allylic oxidation sites excluding steroid dienone is 2. The lowest BCUT2D eigenvalue weighted by Crippen LogP contribution is -2.30. The number of carbonyl (C=O) groups is 2. The average Bonchev–Trinajstić information content (AvgIpc) is 2.35. The normalized spacial score (nSPS) is 14.4. The van der Waals surface area contributed by atoms with Crippen molar-refractivity contribution >= 4 is 11.6 Å². The van der Waals surface area contributed by atoms with Crippen molar-refractivity contribution in [2.45, 2.75) is 12.8 Å². The highest BCUT2D eigenvalue weighted by molar-refractivity contribution is 6.19. The lowest BCUT2D eigenvalue weighted by molar-refractivity contribution is -0.115. The molecule has 0 unspecified atom stereocenters. The zero-order valence-electron chi connectivity index (χ0n) is 10.6. The summed E-state index contributed by atoms with van der Waals surface area (Å²) in [5.41, 5.74) is 0.502. The third-order valence-corrected chi connectivity index (χ3v) is 2.38. The molecule has 0 atom stereocenters. The molecule has 7 heteroatoms. The first-order valence-electron chi connectivity index (χ1n) is 5.90. The fourth-order valence-electron chi connectivity index (χ4n) is 1.44. The minimum Gasteiger partial charge on any atom is -0.412 e. The summed E-state index contributed by atoms with van der Waals surface area (Å²) < 4.78 is 0.